The smallest absolute Gasteiger partial charge is 0.138 e. The van der Waals surface area contributed by atoms with Crippen molar-refractivity contribution in [1.29, 1.82) is 0 Å². The highest BCUT2D eigenvalue weighted by atomic mass is 79.9. The van der Waals surface area contributed by atoms with Gasteiger partial charge in [-0.1, -0.05) is 11.6 Å². The van der Waals surface area contributed by atoms with E-state index in [-0.39, 0.29) is 5.82 Å². The van der Waals surface area contributed by atoms with Crippen molar-refractivity contribution in [3.8, 4) is 0 Å². The molecule has 0 bridgehead atoms. The van der Waals surface area contributed by atoms with Crippen LogP contribution in [0.25, 0.3) is 10.1 Å². The maximum Gasteiger partial charge on any atom is 0.138 e. The quantitative estimate of drug-likeness (QED) is 0.660. The van der Waals surface area contributed by atoms with Gasteiger partial charge in [-0.3, -0.25) is 0 Å². The van der Waals surface area contributed by atoms with Gasteiger partial charge in [-0.2, -0.15) is 0 Å². The Morgan fingerprint density at radius 2 is 2.08 bits per heavy atom. The Bertz CT molecular complexity index is 399. The van der Waals surface area contributed by atoms with E-state index in [4.69, 9.17) is 11.6 Å². The summed E-state index contributed by atoms with van der Waals surface area (Å²) in [4.78, 5) is 0. The maximum absolute atomic E-state index is 13.0. The summed E-state index contributed by atoms with van der Waals surface area (Å²) >= 11 is 10.3. The van der Waals surface area contributed by atoms with E-state index in [1.807, 2.05) is 0 Å². The molecule has 0 radical (unpaired) electrons. The van der Waals surface area contributed by atoms with Crippen LogP contribution < -0.4 is 0 Å². The molecule has 2 rings (SSSR count). The summed E-state index contributed by atoms with van der Waals surface area (Å²) in [5.41, 5.74) is 0. The first kappa shape index (κ1) is 8.48. The lowest BCUT2D eigenvalue weighted by Gasteiger charge is -1.92. The van der Waals surface area contributed by atoms with Gasteiger partial charge in [0.05, 0.1) is 8.81 Å². The lowest BCUT2D eigenvalue weighted by atomic mass is 10.3. The average Bonchev–Trinajstić information content (AvgIpc) is 2.30. The average molecular weight is 266 g/mol. The van der Waals surface area contributed by atoms with E-state index in [1.165, 1.54) is 17.4 Å². The molecule has 1 aromatic heterocycles. The molecule has 4 heteroatoms. The summed E-state index contributed by atoms with van der Waals surface area (Å²) in [6.45, 7) is 0. The zero-order valence-corrected chi connectivity index (χ0v) is 8.93. The minimum absolute atomic E-state index is 0.253. The highest BCUT2D eigenvalue weighted by Gasteiger charge is 2.04. The van der Waals surface area contributed by atoms with Crippen molar-refractivity contribution in [2.75, 3.05) is 0 Å². The van der Waals surface area contributed by atoms with Gasteiger partial charge in [0, 0.05) is 4.70 Å². The van der Waals surface area contributed by atoms with Crippen LogP contribution in [-0.4, -0.2) is 0 Å². The van der Waals surface area contributed by atoms with Gasteiger partial charge in [0.15, 0.2) is 0 Å². The molecule has 0 aliphatic heterocycles. The molecule has 1 heterocycles. The van der Waals surface area contributed by atoms with E-state index in [1.54, 1.807) is 12.1 Å². The van der Waals surface area contributed by atoms with Crippen molar-refractivity contribution in [3.63, 3.8) is 0 Å². The van der Waals surface area contributed by atoms with Gasteiger partial charge in [-0.15, -0.1) is 11.3 Å². The van der Waals surface area contributed by atoms with Gasteiger partial charge in [0.1, 0.15) is 5.82 Å². The Kier molecular flexibility index (Phi) is 2.10. The van der Waals surface area contributed by atoms with Crippen molar-refractivity contribution in [1.82, 2.24) is 0 Å². The molecule has 12 heavy (non-hydrogen) atoms. The van der Waals surface area contributed by atoms with Crippen LogP contribution in [0.4, 0.5) is 4.39 Å². The number of hydrogen-bond acceptors (Lipinski definition) is 1. The molecule has 0 amide bonds. The summed E-state index contributed by atoms with van der Waals surface area (Å²) in [5, 5.41) is 0.853. The van der Waals surface area contributed by atoms with Gasteiger partial charge in [0.25, 0.3) is 0 Å². The zero-order chi connectivity index (χ0) is 8.72. The van der Waals surface area contributed by atoms with Crippen LogP contribution in [0.3, 0.4) is 0 Å². The normalized spacial score (nSPS) is 10.9. The van der Waals surface area contributed by atoms with Crippen LogP contribution in [0, 0.1) is 5.82 Å². The molecule has 0 N–H and O–H groups in total. The van der Waals surface area contributed by atoms with Gasteiger partial charge < -0.3 is 0 Å². The first-order valence-electron chi connectivity index (χ1n) is 3.21. The third-order valence-electron chi connectivity index (χ3n) is 1.53. The number of rotatable bonds is 0. The van der Waals surface area contributed by atoms with Crippen LogP contribution in [0.15, 0.2) is 22.7 Å². The Morgan fingerprint density at radius 3 is 2.83 bits per heavy atom. The lowest BCUT2D eigenvalue weighted by Crippen LogP contribution is -1.73. The number of hydrogen-bond donors (Lipinski definition) is 0. The molecule has 1 aromatic carbocycles. The van der Waals surface area contributed by atoms with Gasteiger partial charge in [0.2, 0.25) is 0 Å². The molecule has 2 aromatic rings. The summed E-state index contributed by atoms with van der Waals surface area (Å²) < 4.78 is 15.1. The van der Waals surface area contributed by atoms with Crippen LogP contribution >= 0.6 is 38.9 Å². The first-order chi connectivity index (χ1) is 5.66. The topological polar surface area (TPSA) is 0 Å². The van der Waals surface area contributed by atoms with Gasteiger partial charge in [-0.05, 0) is 39.5 Å². The Balaban J connectivity index is 2.83. The highest BCUT2D eigenvalue weighted by molar-refractivity contribution is 9.10. The second-order valence-corrected chi connectivity index (χ2v) is 4.92. The molecule has 0 saturated heterocycles. The zero-order valence-electron chi connectivity index (χ0n) is 5.77. The minimum Gasteiger partial charge on any atom is -0.206 e. The molecule has 0 unspecified atom stereocenters. The number of benzene rings is 1. The van der Waals surface area contributed by atoms with Crippen molar-refractivity contribution < 1.29 is 4.39 Å². The van der Waals surface area contributed by atoms with Crippen LogP contribution in [-0.2, 0) is 0 Å². The van der Waals surface area contributed by atoms with E-state index in [2.05, 4.69) is 15.9 Å². The molecule has 0 fully saturated rings. The van der Waals surface area contributed by atoms with Gasteiger partial charge >= 0.3 is 0 Å². The largest absolute Gasteiger partial charge is 0.206 e. The highest BCUT2D eigenvalue weighted by Crippen LogP contribution is 2.32. The number of fused-ring (bicyclic) bond motifs is 1. The van der Waals surface area contributed by atoms with Crippen molar-refractivity contribution in [3.05, 3.63) is 32.8 Å². The molecular formula is C8H3BrClFS. The summed E-state index contributed by atoms with van der Waals surface area (Å²) in [6.07, 6.45) is 0. The first-order valence-corrected chi connectivity index (χ1v) is 5.19. The molecule has 0 aliphatic rings. The molecule has 0 spiro atoms. The maximum atomic E-state index is 13.0. The predicted molar refractivity (Wildman–Crippen MR) is 54.5 cm³/mol. The Labute approximate surface area is 86.1 Å². The Hall–Kier alpha value is -0.120. The van der Waals surface area contributed by atoms with Gasteiger partial charge in [-0.25, -0.2) is 4.39 Å². The van der Waals surface area contributed by atoms with Crippen LogP contribution in [0.5, 0.6) is 0 Å². The van der Waals surface area contributed by atoms with E-state index < -0.39 is 0 Å². The standard InChI is InChI=1S/C8H3BrClFS/c9-5-3-7-4(1-6(5)11)2-8(10)12-7/h1-3H. The number of thiophene rings is 1. The molecule has 62 valence electrons. The Morgan fingerprint density at radius 1 is 1.33 bits per heavy atom. The lowest BCUT2D eigenvalue weighted by molar-refractivity contribution is 0.623. The molecule has 0 nitrogen and oxygen atoms in total. The molecule has 0 saturated carbocycles. The molecule has 0 atom stereocenters. The summed E-state index contributed by atoms with van der Waals surface area (Å²) in [5.74, 6) is -0.253. The minimum atomic E-state index is -0.253. The third-order valence-corrected chi connectivity index (χ3v) is 3.36. The van der Waals surface area contributed by atoms with E-state index in [9.17, 15) is 4.39 Å². The van der Waals surface area contributed by atoms with Crippen LogP contribution in [0.1, 0.15) is 0 Å². The van der Waals surface area contributed by atoms with E-state index >= 15 is 0 Å². The SMILES string of the molecule is Fc1cc2cc(Cl)sc2cc1Br. The van der Waals surface area contributed by atoms with Crippen LogP contribution in [0.2, 0.25) is 4.34 Å². The fraction of sp³-hybridized carbons (Fsp3) is 0. The fourth-order valence-electron chi connectivity index (χ4n) is 1.00. The summed E-state index contributed by atoms with van der Waals surface area (Å²) in [7, 11) is 0. The van der Waals surface area contributed by atoms with E-state index in [0.29, 0.717) is 8.81 Å². The third kappa shape index (κ3) is 1.37. The second kappa shape index (κ2) is 2.98. The molecule has 0 aliphatic carbocycles. The van der Waals surface area contributed by atoms with Crippen molar-refractivity contribution in [2.24, 2.45) is 0 Å². The van der Waals surface area contributed by atoms with E-state index in [0.717, 1.165) is 10.1 Å². The monoisotopic (exact) mass is 264 g/mol. The number of halogens is 3. The van der Waals surface area contributed by atoms with Crippen molar-refractivity contribution >= 4 is 49.0 Å². The van der Waals surface area contributed by atoms with Crippen molar-refractivity contribution in [2.45, 2.75) is 0 Å². The predicted octanol–water partition coefficient (Wildman–Crippen LogP) is 4.46. The fourth-order valence-corrected chi connectivity index (χ4v) is 2.67. The molecular weight excluding hydrogens is 263 g/mol. The summed E-state index contributed by atoms with van der Waals surface area (Å²) in [6, 6.07) is 4.97. The second-order valence-electron chi connectivity index (χ2n) is 2.35.